The molecular formula is C32H31BrF3N3O6. The summed E-state index contributed by atoms with van der Waals surface area (Å²) in [5.74, 6) is -1.98. The first-order valence-corrected chi connectivity index (χ1v) is 14.7. The minimum absolute atomic E-state index is 0.0433. The first kappa shape index (κ1) is 33.7. The van der Waals surface area contributed by atoms with Crippen LogP contribution in [0, 0.1) is 0 Å². The molecule has 0 saturated carbocycles. The second kappa shape index (κ2) is 13.8. The number of rotatable bonds is 7. The van der Waals surface area contributed by atoms with Crippen molar-refractivity contribution in [2.24, 2.45) is 0 Å². The van der Waals surface area contributed by atoms with E-state index in [0.29, 0.717) is 30.8 Å². The lowest BCUT2D eigenvalue weighted by molar-refractivity contribution is -0.152. The Morgan fingerprint density at radius 1 is 0.778 bits per heavy atom. The number of amides is 2. The first-order valence-electron chi connectivity index (χ1n) is 13.9. The van der Waals surface area contributed by atoms with E-state index in [1.54, 1.807) is 29.2 Å². The number of alkyl halides is 4. The van der Waals surface area contributed by atoms with Crippen LogP contribution in [0.5, 0.6) is 0 Å². The molecular weight excluding hydrogens is 659 g/mol. The molecule has 2 aliphatic heterocycles. The van der Waals surface area contributed by atoms with Crippen molar-refractivity contribution in [2.75, 3.05) is 37.1 Å². The Hall–Kier alpha value is -4.23. The Balaban J connectivity index is 0.000000231. The van der Waals surface area contributed by atoms with E-state index >= 15 is 0 Å². The fourth-order valence-electron chi connectivity index (χ4n) is 5.13. The predicted molar refractivity (Wildman–Crippen MR) is 164 cm³/mol. The number of benzene rings is 3. The molecule has 0 bridgehead atoms. The molecule has 1 N–H and O–H groups in total. The van der Waals surface area contributed by atoms with E-state index < -0.39 is 39.4 Å². The van der Waals surface area contributed by atoms with Crippen molar-refractivity contribution in [2.45, 2.75) is 35.4 Å². The van der Waals surface area contributed by atoms with Crippen molar-refractivity contribution in [3.05, 3.63) is 96.1 Å². The predicted octanol–water partition coefficient (Wildman–Crippen LogP) is 4.87. The highest BCUT2D eigenvalue weighted by molar-refractivity contribution is 9.10. The van der Waals surface area contributed by atoms with E-state index in [-0.39, 0.29) is 18.9 Å². The Bertz CT molecular complexity index is 1520. The average molecular weight is 691 g/mol. The van der Waals surface area contributed by atoms with Crippen molar-refractivity contribution < 1.29 is 41.8 Å². The van der Waals surface area contributed by atoms with E-state index in [9.17, 15) is 32.3 Å². The molecule has 2 fully saturated rings. The summed E-state index contributed by atoms with van der Waals surface area (Å²) in [4.78, 5) is 52.4. The molecule has 2 heterocycles. The molecule has 13 heteroatoms. The molecule has 2 aliphatic rings. The number of halogens is 4. The van der Waals surface area contributed by atoms with Gasteiger partial charge in [-0.2, -0.15) is 13.2 Å². The van der Waals surface area contributed by atoms with Crippen LogP contribution in [0.4, 0.5) is 24.5 Å². The minimum Gasteiger partial charge on any atom is -0.468 e. The Morgan fingerprint density at radius 2 is 1.27 bits per heavy atom. The molecule has 2 unspecified atom stereocenters. The van der Waals surface area contributed by atoms with Crippen LogP contribution in [-0.2, 0) is 41.4 Å². The van der Waals surface area contributed by atoms with Crippen LogP contribution in [-0.4, -0.2) is 60.9 Å². The number of carbonyl (C=O) groups is 4. The largest absolute Gasteiger partial charge is 0.468 e. The Labute approximate surface area is 266 Å². The van der Waals surface area contributed by atoms with Crippen LogP contribution >= 0.6 is 15.9 Å². The molecule has 3 aromatic rings. The van der Waals surface area contributed by atoms with Crippen molar-refractivity contribution in [3.8, 4) is 0 Å². The van der Waals surface area contributed by atoms with Crippen LogP contribution in [0.1, 0.15) is 24.0 Å². The van der Waals surface area contributed by atoms with E-state index in [0.717, 1.165) is 17.8 Å². The maximum Gasteiger partial charge on any atom is 0.416 e. The van der Waals surface area contributed by atoms with Crippen LogP contribution < -0.4 is 15.1 Å². The van der Waals surface area contributed by atoms with Crippen LogP contribution in [0.2, 0.25) is 0 Å². The van der Waals surface area contributed by atoms with Crippen molar-refractivity contribution >= 4 is 51.1 Å². The summed E-state index contributed by atoms with van der Waals surface area (Å²) < 4.78 is 46.4. The average Bonchev–Trinajstić information content (AvgIpc) is 3.56. The third-order valence-corrected chi connectivity index (χ3v) is 8.70. The van der Waals surface area contributed by atoms with Gasteiger partial charge in [0.25, 0.3) is 11.8 Å². The summed E-state index contributed by atoms with van der Waals surface area (Å²) in [7, 11) is 2.48. The number of ether oxygens (including phenoxy) is 2. The number of anilines is 2. The van der Waals surface area contributed by atoms with Gasteiger partial charge in [0.1, 0.15) is 0 Å². The van der Waals surface area contributed by atoms with Gasteiger partial charge in [0, 0.05) is 43.9 Å². The SMILES string of the molecule is COC(=O)C1(Br)CCN(c2ccccc2)C1=O.COC(=O)C1(NCc2ccc(C(F)(F)F)cc2)CCN(c2ccccc2)C1=O. The minimum atomic E-state index is -4.42. The van der Waals surface area contributed by atoms with Crippen molar-refractivity contribution in [1.82, 2.24) is 5.32 Å². The number of carbonyl (C=O) groups excluding carboxylic acids is 4. The molecule has 2 atom stereocenters. The maximum absolute atomic E-state index is 13.0. The zero-order valence-electron chi connectivity index (χ0n) is 24.5. The topological polar surface area (TPSA) is 105 Å². The summed E-state index contributed by atoms with van der Waals surface area (Å²) >= 11 is 3.21. The Kier molecular flexibility index (Phi) is 10.3. The lowest BCUT2D eigenvalue weighted by Gasteiger charge is -2.26. The first-order chi connectivity index (χ1) is 21.4. The Morgan fingerprint density at radius 3 is 1.76 bits per heavy atom. The van der Waals surface area contributed by atoms with Crippen LogP contribution in [0.3, 0.4) is 0 Å². The highest BCUT2D eigenvalue weighted by Gasteiger charge is 2.54. The zero-order valence-corrected chi connectivity index (χ0v) is 26.1. The number of nitrogens with one attached hydrogen (secondary N) is 1. The second-order valence-corrected chi connectivity index (χ2v) is 11.7. The van der Waals surface area contributed by atoms with Gasteiger partial charge in [-0.15, -0.1) is 0 Å². The molecule has 45 heavy (non-hydrogen) atoms. The summed E-state index contributed by atoms with van der Waals surface area (Å²) in [6.07, 6.45) is -3.82. The lowest BCUT2D eigenvalue weighted by atomic mass is 9.97. The molecule has 0 spiro atoms. The van der Waals surface area contributed by atoms with Gasteiger partial charge < -0.3 is 19.3 Å². The number of esters is 2. The molecule has 9 nitrogen and oxygen atoms in total. The third kappa shape index (κ3) is 7.04. The van der Waals surface area contributed by atoms with Gasteiger partial charge in [-0.25, -0.2) is 9.59 Å². The molecule has 2 saturated heterocycles. The van der Waals surface area contributed by atoms with Gasteiger partial charge in [-0.05, 0) is 42.0 Å². The molecule has 2 amide bonds. The number of hydrogen-bond acceptors (Lipinski definition) is 7. The molecule has 0 radical (unpaired) electrons. The summed E-state index contributed by atoms with van der Waals surface area (Å²) in [6.45, 7) is 0.864. The summed E-state index contributed by atoms with van der Waals surface area (Å²) in [5.41, 5.74) is -0.362. The summed E-state index contributed by atoms with van der Waals surface area (Å²) in [5, 5.41) is 2.92. The normalized spacial score (nSPS) is 21.3. The van der Waals surface area contributed by atoms with E-state index in [4.69, 9.17) is 4.74 Å². The zero-order chi connectivity index (χ0) is 32.8. The standard InChI is InChI=1S/C20H19F3N2O3.C12H12BrNO3/c1-28-18(27)19(11-12-25(17(19)26)16-5-3-2-4-6-16)24-13-14-7-9-15(10-8-14)20(21,22)23;1-17-11(16)12(13)7-8-14(10(12)15)9-5-3-2-4-6-9/h2-10,24H,11-13H2,1H3;2-6H,7-8H2,1H3. The number of nitrogens with zero attached hydrogens (tertiary/aromatic N) is 2. The fraction of sp³-hybridized carbons (Fsp3) is 0.312. The van der Waals surface area contributed by atoms with Crippen molar-refractivity contribution in [1.29, 1.82) is 0 Å². The quantitative estimate of drug-likeness (QED) is 0.214. The molecule has 5 rings (SSSR count). The van der Waals surface area contributed by atoms with E-state index in [1.807, 2.05) is 36.4 Å². The highest BCUT2D eigenvalue weighted by atomic mass is 79.9. The van der Waals surface area contributed by atoms with Gasteiger partial charge in [-0.1, -0.05) is 64.5 Å². The van der Waals surface area contributed by atoms with Gasteiger partial charge in [0.2, 0.25) is 4.32 Å². The van der Waals surface area contributed by atoms with E-state index in [2.05, 4.69) is 26.0 Å². The number of para-hydroxylation sites is 2. The summed E-state index contributed by atoms with van der Waals surface area (Å²) in [6, 6.07) is 22.8. The van der Waals surface area contributed by atoms with Crippen LogP contribution in [0.25, 0.3) is 0 Å². The van der Waals surface area contributed by atoms with Gasteiger partial charge >= 0.3 is 18.1 Å². The molecule has 0 aromatic heterocycles. The number of hydrogen-bond donors (Lipinski definition) is 1. The lowest BCUT2D eigenvalue weighted by Crippen LogP contribution is -2.58. The van der Waals surface area contributed by atoms with Gasteiger partial charge in [0.15, 0.2) is 5.54 Å². The monoisotopic (exact) mass is 689 g/mol. The van der Waals surface area contributed by atoms with E-state index in [1.165, 1.54) is 31.3 Å². The fourth-order valence-corrected chi connectivity index (χ4v) is 5.68. The molecule has 238 valence electrons. The van der Waals surface area contributed by atoms with Gasteiger partial charge in [-0.3, -0.25) is 14.9 Å². The highest BCUT2D eigenvalue weighted by Crippen LogP contribution is 2.36. The third-order valence-electron chi connectivity index (χ3n) is 7.64. The maximum atomic E-state index is 13.0. The van der Waals surface area contributed by atoms with Crippen molar-refractivity contribution in [3.63, 3.8) is 0 Å². The van der Waals surface area contributed by atoms with Crippen LogP contribution in [0.15, 0.2) is 84.9 Å². The smallest absolute Gasteiger partial charge is 0.416 e. The number of methoxy groups -OCH3 is 2. The molecule has 0 aliphatic carbocycles. The second-order valence-electron chi connectivity index (χ2n) is 10.3. The molecule has 3 aromatic carbocycles. The van der Waals surface area contributed by atoms with Gasteiger partial charge in [0.05, 0.1) is 19.8 Å².